The lowest BCUT2D eigenvalue weighted by Crippen LogP contribution is -2.08. The number of nitrogens with one attached hydrogen (secondary N) is 1. The zero-order valence-corrected chi connectivity index (χ0v) is 12.6. The molecule has 1 aromatic carbocycles. The second kappa shape index (κ2) is 5.70. The minimum atomic E-state index is 0.588. The third-order valence-electron chi connectivity index (χ3n) is 3.85. The van der Waals surface area contributed by atoms with E-state index < -0.39 is 0 Å². The second-order valence-electron chi connectivity index (χ2n) is 5.27. The molecule has 5 nitrogen and oxygen atoms in total. The normalized spacial score (nSPS) is 14.2. The van der Waals surface area contributed by atoms with Crippen LogP contribution in [0.25, 0.3) is 11.4 Å². The van der Waals surface area contributed by atoms with E-state index in [1.807, 2.05) is 24.3 Å². The fraction of sp³-hybridized carbons (Fsp3) is 0.250. The van der Waals surface area contributed by atoms with E-state index in [-0.39, 0.29) is 0 Å². The van der Waals surface area contributed by atoms with Crippen LogP contribution in [0.3, 0.4) is 0 Å². The van der Waals surface area contributed by atoms with Gasteiger partial charge in [-0.1, -0.05) is 12.3 Å². The summed E-state index contributed by atoms with van der Waals surface area (Å²) in [4.78, 5) is 4.62. The number of thiazole rings is 1. The van der Waals surface area contributed by atoms with Crippen LogP contribution in [0, 0.1) is 11.8 Å². The summed E-state index contributed by atoms with van der Waals surface area (Å²) in [5.41, 5.74) is 3.08. The first-order valence-corrected chi connectivity index (χ1v) is 8.08. The first-order chi connectivity index (χ1) is 10.9. The van der Waals surface area contributed by atoms with Gasteiger partial charge in [0.25, 0.3) is 0 Å². The average molecular weight is 307 g/mol. The van der Waals surface area contributed by atoms with Crippen LogP contribution in [0.4, 0.5) is 0 Å². The smallest absolute Gasteiger partial charge is 0.204 e. The molecular weight excluding hydrogens is 294 g/mol. The van der Waals surface area contributed by atoms with Crippen LogP contribution in [0.15, 0.2) is 29.6 Å². The van der Waals surface area contributed by atoms with E-state index in [1.54, 1.807) is 11.3 Å². The Bertz CT molecular complexity index is 820. The van der Waals surface area contributed by atoms with Crippen LogP contribution in [0.5, 0.6) is 0 Å². The Kier molecular flexibility index (Phi) is 3.41. The maximum absolute atomic E-state index is 4.62. The third kappa shape index (κ3) is 2.63. The van der Waals surface area contributed by atoms with Gasteiger partial charge >= 0.3 is 0 Å². The second-order valence-corrected chi connectivity index (χ2v) is 6.13. The fourth-order valence-electron chi connectivity index (χ4n) is 2.35. The molecule has 0 unspecified atom stereocenters. The Morgan fingerprint density at radius 1 is 1.14 bits per heavy atom. The van der Waals surface area contributed by atoms with Crippen molar-refractivity contribution >= 4 is 11.3 Å². The maximum atomic E-state index is 4.62. The van der Waals surface area contributed by atoms with Gasteiger partial charge in [0.2, 0.25) is 5.82 Å². The van der Waals surface area contributed by atoms with Crippen molar-refractivity contribution in [1.29, 1.82) is 0 Å². The van der Waals surface area contributed by atoms with Crippen molar-refractivity contribution in [1.82, 2.24) is 25.6 Å². The molecule has 1 N–H and O–H groups in total. The third-order valence-corrected chi connectivity index (χ3v) is 4.62. The van der Waals surface area contributed by atoms with E-state index in [1.165, 1.54) is 25.0 Å². The van der Waals surface area contributed by atoms with Gasteiger partial charge in [0.1, 0.15) is 0 Å². The Labute approximate surface area is 131 Å². The molecule has 3 aromatic rings. The number of H-pyrrole nitrogens is 1. The van der Waals surface area contributed by atoms with Crippen LogP contribution in [0.1, 0.15) is 41.4 Å². The van der Waals surface area contributed by atoms with Gasteiger partial charge in [-0.2, -0.15) is 5.21 Å². The number of benzene rings is 1. The molecule has 0 aliphatic heterocycles. The summed E-state index contributed by atoms with van der Waals surface area (Å²) < 4.78 is 0. The van der Waals surface area contributed by atoms with Crippen molar-refractivity contribution in [2.45, 2.75) is 25.2 Å². The lowest BCUT2D eigenvalue weighted by atomic mass is 9.83. The lowest BCUT2D eigenvalue weighted by Gasteiger charge is -2.22. The van der Waals surface area contributed by atoms with Crippen LogP contribution >= 0.6 is 11.3 Å². The quantitative estimate of drug-likeness (QED) is 0.739. The Hall–Kier alpha value is -2.52. The summed E-state index contributed by atoms with van der Waals surface area (Å²) in [6, 6.07) is 7.80. The topological polar surface area (TPSA) is 67.3 Å². The molecule has 1 saturated carbocycles. The molecule has 108 valence electrons. The van der Waals surface area contributed by atoms with Crippen molar-refractivity contribution in [3.8, 4) is 23.2 Å². The first kappa shape index (κ1) is 13.2. The average Bonchev–Trinajstić information content (AvgIpc) is 3.16. The van der Waals surface area contributed by atoms with E-state index in [2.05, 4.69) is 42.8 Å². The SMILES string of the molecule is C(#Cc1nc(C2CCC2)cs1)c1ccc(-c2nn[nH]n2)cc1. The van der Waals surface area contributed by atoms with Crippen LogP contribution < -0.4 is 0 Å². The number of nitrogens with zero attached hydrogens (tertiary/aromatic N) is 4. The number of hydrogen-bond donors (Lipinski definition) is 1. The highest BCUT2D eigenvalue weighted by molar-refractivity contribution is 7.10. The van der Waals surface area contributed by atoms with Crippen molar-refractivity contribution in [3.05, 3.63) is 45.9 Å². The van der Waals surface area contributed by atoms with Crippen molar-refractivity contribution in [2.24, 2.45) is 0 Å². The zero-order chi connectivity index (χ0) is 14.8. The Balaban J connectivity index is 1.50. The summed E-state index contributed by atoms with van der Waals surface area (Å²) in [6.45, 7) is 0. The largest absolute Gasteiger partial charge is 0.232 e. The molecule has 2 aromatic heterocycles. The van der Waals surface area contributed by atoms with Crippen LogP contribution in [-0.2, 0) is 0 Å². The van der Waals surface area contributed by atoms with E-state index in [0.717, 1.165) is 16.1 Å². The molecular formula is C16H13N5S. The maximum Gasteiger partial charge on any atom is 0.204 e. The fourth-order valence-corrected chi connectivity index (χ4v) is 3.09. The monoisotopic (exact) mass is 307 g/mol. The molecule has 0 radical (unpaired) electrons. The Morgan fingerprint density at radius 2 is 2.00 bits per heavy atom. The van der Waals surface area contributed by atoms with Crippen LogP contribution in [-0.4, -0.2) is 25.6 Å². The standard InChI is InChI=1S/C16H13N5S/c1-2-12(3-1)14-10-22-15(17-14)9-6-11-4-7-13(8-5-11)16-18-20-21-19-16/h4-5,7-8,10,12H,1-3H2,(H,18,19,20,21). The number of rotatable bonds is 2. The van der Waals surface area contributed by atoms with E-state index >= 15 is 0 Å². The van der Waals surface area contributed by atoms with Gasteiger partial charge in [-0.15, -0.1) is 21.5 Å². The molecule has 22 heavy (non-hydrogen) atoms. The molecule has 1 fully saturated rings. The van der Waals surface area contributed by atoms with E-state index in [4.69, 9.17) is 0 Å². The van der Waals surface area contributed by atoms with Gasteiger partial charge in [0.15, 0.2) is 5.01 Å². The zero-order valence-electron chi connectivity index (χ0n) is 11.8. The molecule has 1 aliphatic rings. The van der Waals surface area contributed by atoms with Crippen LogP contribution in [0.2, 0.25) is 0 Å². The molecule has 6 heteroatoms. The summed E-state index contributed by atoms with van der Waals surface area (Å²) >= 11 is 1.63. The summed E-state index contributed by atoms with van der Waals surface area (Å²) in [6.07, 6.45) is 3.87. The molecule has 0 amide bonds. The van der Waals surface area contributed by atoms with Gasteiger partial charge < -0.3 is 0 Å². The van der Waals surface area contributed by atoms with Gasteiger partial charge in [-0.3, -0.25) is 0 Å². The first-order valence-electron chi connectivity index (χ1n) is 7.20. The van der Waals surface area contributed by atoms with Gasteiger partial charge in [0.05, 0.1) is 5.69 Å². The number of hydrogen-bond acceptors (Lipinski definition) is 5. The number of aromatic amines is 1. The summed E-state index contributed by atoms with van der Waals surface area (Å²) in [5.74, 6) is 7.56. The van der Waals surface area contributed by atoms with E-state index in [0.29, 0.717) is 11.7 Å². The summed E-state index contributed by atoms with van der Waals surface area (Å²) in [5, 5.41) is 16.9. The molecule has 4 rings (SSSR count). The number of tetrazole rings is 1. The summed E-state index contributed by atoms with van der Waals surface area (Å²) in [7, 11) is 0. The molecule has 0 spiro atoms. The minimum Gasteiger partial charge on any atom is -0.232 e. The highest BCUT2D eigenvalue weighted by Gasteiger charge is 2.21. The highest BCUT2D eigenvalue weighted by Crippen LogP contribution is 2.36. The predicted octanol–water partition coefficient (Wildman–Crippen LogP) is 2.99. The molecule has 1 aliphatic carbocycles. The van der Waals surface area contributed by atoms with Gasteiger partial charge in [-0.05, 0) is 48.2 Å². The highest BCUT2D eigenvalue weighted by atomic mass is 32.1. The molecule has 0 bridgehead atoms. The van der Waals surface area contributed by atoms with Crippen molar-refractivity contribution in [3.63, 3.8) is 0 Å². The minimum absolute atomic E-state index is 0.588. The predicted molar refractivity (Wildman–Crippen MR) is 84.3 cm³/mol. The molecule has 2 heterocycles. The van der Waals surface area contributed by atoms with Gasteiger partial charge in [0, 0.05) is 22.4 Å². The van der Waals surface area contributed by atoms with Gasteiger partial charge in [-0.25, -0.2) is 4.98 Å². The molecule has 0 atom stereocenters. The number of aromatic nitrogens is 5. The molecule has 0 saturated heterocycles. The van der Waals surface area contributed by atoms with E-state index in [9.17, 15) is 0 Å². The van der Waals surface area contributed by atoms with Crippen molar-refractivity contribution in [2.75, 3.05) is 0 Å². The van der Waals surface area contributed by atoms with Crippen molar-refractivity contribution < 1.29 is 0 Å². The Morgan fingerprint density at radius 3 is 2.68 bits per heavy atom. The lowest BCUT2D eigenvalue weighted by molar-refractivity contribution is 0.412.